The summed E-state index contributed by atoms with van der Waals surface area (Å²) in [6.07, 6.45) is 5.86. The fraction of sp³-hybridized carbons (Fsp3) is 0.389. The van der Waals surface area contributed by atoms with Crippen LogP contribution in [0.5, 0.6) is 0 Å². The van der Waals surface area contributed by atoms with E-state index in [1.165, 1.54) is 16.9 Å². The summed E-state index contributed by atoms with van der Waals surface area (Å²) < 4.78 is 1.59. The lowest BCUT2D eigenvalue weighted by molar-refractivity contribution is 0.141. The molecule has 3 aromatic rings. The molecule has 3 aromatic heterocycles. The molecule has 0 aromatic carbocycles. The highest BCUT2D eigenvalue weighted by Gasteiger charge is 2.31. The minimum Gasteiger partial charge on any atom is -0.391 e. The number of likely N-dealkylation sites (tertiary alicyclic amines) is 1. The number of β-amino-alcohol motifs (C(OH)–C–C–N with tert-alkyl or cyclic N) is 1. The van der Waals surface area contributed by atoms with Crippen molar-refractivity contribution in [3.8, 4) is 0 Å². The second kappa shape index (κ2) is 6.67. The maximum Gasteiger partial charge on any atom is 0.258 e. The lowest BCUT2D eigenvalue weighted by Crippen LogP contribution is -2.24. The van der Waals surface area contributed by atoms with Crippen LogP contribution in [0.25, 0.3) is 4.96 Å². The molecular weight excluding hydrogens is 336 g/mol. The van der Waals surface area contributed by atoms with Crippen molar-refractivity contribution in [1.82, 2.24) is 19.3 Å². The molecule has 1 aliphatic rings. The van der Waals surface area contributed by atoms with Gasteiger partial charge in [-0.3, -0.25) is 19.1 Å². The van der Waals surface area contributed by atoms with Gasteiger partial charge in [-0.2, -0.15) is 0 Å². The molecule has 0 spiro atoms. The molecule has 1 N–H and O–H groups in total. The zero-order chi connectivity index (χ0) is 17.4. The Bertz CT molecular complexity index is 937. The lowest BCUT2D eigenvalue weighted by Gasteiger charge is -2.15. The normalized spacial score (nSPS) is 21.2. The second-order valence-corrected chi connectivity index (χ2v) is 7.87. The van der Waals surface area contributed by atoms with E-state index in [0.29, 0.717) is 13.1 Å². The van der Waals surface area contributed by atoms with E-state index >= 15 is 0 Å². The van der Waals surface area contributed by atoms with Crippen LogP contribution in [0, 0.1) is 12.8 Å². The second-order valence-electron chi connectivity index (χ2n) is 6.66. The molecule has 0 saturated carbocycles. The van der Waals surface area contributed by atoms with Crippen LogP contribution < -0.4 is 5.56 Å². The summed E-state index contributed by atoms with van der Waals surface area (Å²) in [4.78, 5) is 24.8. The first kappa shape index (κ1) is 16.4. The van der Waals surface area contributed by atoms with Gasteiger partial charge in [0, 0.05) is 55.1 Å². The number of hydrogen-bond acceptors (Lipinski definition) is 6. The first-order valence-corrected chi connectivity index (χ1v) is 9.18. The third kappa shape index (κ3) is 3.49. The summed E-state index contributed by atoms with van der Waals surface area (Å²) in [7, 11) is 0. The SMILES string of the molecule is Cc1cn2c(=O)cc(CN3C[C@@H](Cc4ccncc4)[C@@H](O)C3)nc2s1. The van der Waals surface area contributed by atoms with Crippen LogP contribution in [0.15, 0.2) is 41.6 Å². The lowest BCUT2D eigenvalue weighted by atomic mass is 9.97. The number of hydrogen-bond donors (Lipinski definition) is 1. The highest BCUT2D eigenvalue weighted by Crippen LogP contribution is 2.23. The van der Waals surface area contributed by atoms with Gasteiger partial charge in [0.25, 0.3) is 5.56 Å². The number of aliphatic hydroxyl groups excluding tert-OH is 1. The van der Waals surface area contributed by atoms with E-state index < -0.39 is 0 Å². The van der Waals surface area contributed by atoms with E-state index in [9.17, 15) is 9.90 Å². The van der Waals surface area contributed by atoms with E-state index in [0.717, 1.165) is 28.5 Å². The van der Waals surface area contributed by atoms with Crippen molar-refractivity contribution in [2.45, 2.75) is 26.0 Å². The highest BCUT2D eigenvalue weighted by molar-refractivity contribution is 7.16. The van der Waals surface area contributed by atoms with Crippen LogP contribution in [-0.4, -0.2) is 43.6 Å². The van der Waals surface area contributed by atoms with Crippen molar-refractivity contribution in [2.24, 2.45) is 5.92 Å². The van der Waals surface area contributed by atoms with Gasteiger partial charge in [-0.25, -0.2) is 4.98 Å². The van der Waals surface area contributed by atoms with Gasteiger partial charge in [-0.05, 0) is 31.0 Å². The van der Waals surface area contributed by atoms with Gasteiger partial charge in [-0.15, -0.1) is 11.3 Å². The Hall–Kier alpha value is -2.09. The monoisotopic (exact) mass is 356 g/mol. The van der Waals surface area contributed by atoms with E-state index in [2.05, 4.69) is 14.9 Å². The Balaban J connectivity index is 1.47. The number of aromatic nitrogens is 3. The Morgan fingerprint density at radius 2 is 2.12 bits per heavy atom. The van der Waals surface area contributed by atoms with E-state index in [4.69, 9.17) is 0 Å². The van der Waals surface area contributed by atoms with Crippen molar-refractivity contribution in [2.75, 3.05) is 13.1 Å². The number of aryl methyl sites for hydroxylation is 1. The maximum atomic E-state index is 12.2. The molecule has 6 nitrogen and oxygen atoms in total. The largest absolute Gasteiger partial charge is 0.391 e. The smallest absolute Gasteiger partial charge is 0.258 e. The minimum atomic E-state index is -0.359. The molecule has 7 heteroatoms. The van der Waals surface area contributed by atoms with Crippen LogP contribution in [0.3, 0.4) is 0 Å². The molecule has 0 aliphatic carbocycles. The van der Waals surface area contributed by atoms with E-state index in [1.54, 1.807) is 22.9 Å². The van der Waals surface area contributed by atoms with Crippen LogP contribution in [0.4, 0.5) is 0 Å². The Morgan fingerprint density at radius 1 is 1.32 bits per heavy atom. The first-order chi connectivity index (χ1) is 12.1. The average molecular weight is 356 g/mol. The Kier molecular flexibility index (Phi) is 4.37. The van der Waals surface area contributed by atoms with Gasteiger partial charge in [0.1, 0.15) is 0 Å². The fourth-order valence-electron chi connectivity index (χ4n) is 3.46. The van der Waals surface area contributed by atoms with Gasteiger partial charge in [0.2, 0.25) is 0 Å². The van der Waals surface area contributed by atoms with Crippen molar-refractivity contribution in [1.29, 1.82) is 0 Å². The maximum absolute atomic E-state index is 12.2. The van der Waals surface area contributed by atoms with Gasteiger partial charge >= 0.3 is 0 Å². The van der Waals surface area contributed by atoms with Crippen molar-refractivity contribution in [3.63, 3.8) is 0 Å². The zero-order valence-corrected chi connectivity index (χ0v) is 14.8. The Morgan fingerprint density at radius 3 is 2.92 bits per heavy atom. The molecule has 1 aliphatic heterocycles. The summed E-state index contributed by atoms with van der Waals surface area (Å²) in [5, 5.41) is 10.4. The van der Waals surface area contributed by atoms with Crippen molar-refractivity contribution in [3.05, 3.63) is 63.3 Å². The number of thiazole rings is 1. The van der Waals surface area contributed by atoms with Crippen LogP contribution in [-0.2, 0) is 13.0 Å². The quantitative estimate of drug-likeness (QED) is 0.767. The number of nitrogens with zero attached hydrogens (tertiary/aromatic N) is 4. The fourth-order valence-corrected chi connectivity index (χ4v) is 4.31. The molecule has 2 atom stereocenters. The molecule has 1 fully saturated rings. The molecule has 0 radical (unpaired) electrons. The number of fused-ring (bicyclic) bond motifs is 1. The molecule has 25 heavy (non-hydrogen) atoms. The summed E-state index contributed by atoms with van der Waals surface area (Å²) >= 11 is 1.52. The van der Waals surface area contributed by atoms with Gasteiger partial charge < -0.3 is 5.11 Å². The molecule has 4 heterocycles. The molecular formula is C18H20N4O2S. The Labute approximate surface area is 149 Å². The number of rotatable bonds is 4. The van der Waals surface area contributed by atoms with Crippen molar-refractivity contribution < 1.29 is 5.11 Å². The molecule has 0 amide bonds. The van der Waals surface area contributed by atoms with E-state index in [-0.39, 0.29) is 17.6 Å². The van der Waals surface area contributed by atoms with Crippen LogP contribution in [0.1, 0.15) is 16.1 Å². The zero-order valence-electron chi connectivity index (χ0n) is 14.0. The van der Waals surface area contributed by atoms with Gasteiger partial charge in [0.15, 0.2) is 4.96 Å². The van der Waals surface area contributed by atoms with Crippen LogP contribution >= 0.6 is 11.3 Å². The molecule has 1 saturated heterocycles. The summed E-state index contributed by atoms with van der Waals surface area (Å²) in [5.74, 6) is 0.191. The third-order valence-electron chi connectivity index (χ3n) is 4.65. The molecule has 130 valence electrons. The van der Waals surface area contributed by atoms with Gasteiger partial charge in [0.05, 0.1) is 11.8 Å². The minimum absolute atomic E-state index is 0.0440. The molecule has 0 bridgehead atoms. The topological polar surface area (TPSA) is 70.7 Å². The number of pyridine rings is 1. The van der Waals surface area contributed by atoms with Crippen LogP contribution in [0.2, 0.25) is 0 Å². The average Bonchev–Trinajstić information content (AvgIpc) is 3.11. The highest BCUT2D eigenvalue weighted by atomic mass is 32.1. The predicted molar refractivity (Wildman–Crippen MR) is 96.8 cm³/mol. The third-order valence-corrected chi connectivity index (χ3v) is 5.55. The number of aliphatic hydroxyl groups is 1. The summed E-state index contributed by atoms with van der Waals surface area (Å²) in [6.45, 7) is 3.97. The summed E-state index contributed by atoms with van der Waals surface area (Å²) in [6, 6.07) is 5.58. The standard InChI is InChI=1S/C18H20N4O2S/c1-12-8-22-17(24)7-15(20-18(22)25-12)10-21-9-14(16(23)11-21)6-13-2-4-19-5-3-13/h2-5,7-8,14,16,23H,6,9-11H2,1H3/t14-,16+/m1/s1. The van der Waals surface area contributed by atoms with E-state index in [1.807, 2.05) is 25.3 Å². The first-order valence-electron chi connectivity index (χ1n) is 8.36. The summed E-state index contributed by atoms with van der Waals surface area (Å²) in [5.41, 5.74) is 1.91. The van der Waals surface area contributed by atoms with Gasteiger partial charge in [-0.1, -0.05) is 0 Å². The predicted octanol–water partition coefficient (Wildman–Crippen LogP) is 1.49. The van der Waals surface area contributed by atoms with Crippen molar-refractivity contribution >= 4 is 16.3 Å². The molecule has 0 unspecified atom stereocenters. The molecule has 4 rings (SSSR count).